The van der Waals surface area contributed by atoms with Crippen molar-refractivity contribution in [3.05, 3.63) is 96.7 Å². The lowest BCUT2D eigenvalue weighted by Gasteiger charge is -2.09. The fraction of sp³-hybridized carbons (Fsp3) is 0.0417. The molecule has 0 unspecified atom stereocenters. The topological polar surface area (TPSA) is 90.0 Å². The third kappa shape index (κ3) is 4.84. The van der Waals surface area contributed by atoms with Crippen molar-refractivity contribution in [2.75, 3.05) is 11.1 Å². The summed E-state index contributed by atoms with van der Waals surface area (Å²) >= 11 is 1.32. The number of imidazole rings is 1. The van der Waals surface area contributed by atoms with E-state index < -0.39 is 5.91 Å². The molecule has 0 aliphatic carbocycles. The number of carbonyl (C=O) groups excluding carboxylic acids is 2. The molecule has 3 aromatic carbocycles. The molecule has 0 fully saturated rings. The molecule has 7 heteroatoms. The number of rotatable bonds is 7. The summed E-state index contributed by atoms with van der Waals surface area (Å²) in [6, 6.07) is 26.4. The van der Waals surface area contributed by atoms with Gasteiger partial charge in [-0.3, -0.25) is 14.2 Å². The molecule has 0 atom stereocenters. The molecule has 0 radical (unpaired) electrons. The molecule has 0 bridgehead atoms. The summed E-state index contributed by atoms with van der Waals surface area (Å²) in [5, 5.41) is 3.46. The van der Waals surface area contributed by atoms with Gasteiger partial charge in [-0.15, -0.1) is 0 Å². The molecule has 6 nitrogen and oxygen atoms in total. The van der Waals surface area contributed by atoms with Gasteiger partial charge >= 0.3 is 0 Å². The van der Waals surface area contributed by atoms with Crippen LogP contribution >= 0.6 is 11.8 Å². The average molecular weight is 429 g/mol. The SMILES string of the molecule is NC(=O)c1ccccc1NC(=O)CSc1nc(-c2ccccc2)cn1-c1ccccc1. The number of carbonyl (C=O) groups is 2. The molecule has 1 aromatic heterocycles. The Morgan fingerprint density at radius 1 is 0.903 bits per heavy atom. The van der Waals surface area contributed by atoms with Crippen molar-refractivity contribution in [3.63, 3.8) is 0 Å². The first-order valence-corrected chi connectivity index (χ1v) is 10.6. The minimum absolute atomic E-state index is 0.130. The van der Waals surface area contributed by atoms with E-state index in [1.54, 1.807) is 24.3 Å². The van der Waals surface area contributed by atoms with E-state index in [0.717, 1.165) is 16.9 Å². The highest BCUT2D eigenvalue weighted by atomic mass is 32.2. The molecule has 0 aliphatic heterocycles. The van der Waals surface area contributed by atoms with E-state index in [2.05, 4.69) is 5.32 Å². The van der Waals surface area contributed by atoms with Crippen LogP contribution in [0.5, 0.6) is 0 Å². The van der Waals surface area contributed by atoms with Crippen LogP contribution in [0.25, 0.3) is 16.9 Å². The lowest BCUT2D eigenvalue weighted by Crippen LogP contribution is -2.19. The standard InChI is InChI=1S/C24H20N4O2S/c25-23(30)19-13-7-8-14-20(19)26-22(29)16-31-24-27-21(17-9-3-1-4-10-17)15-28(24)18-11-5-2-6-12-18/h1-15H,16H2,(H2,25,30)(H,26,29). The van der Waals surface area contributed by atoms with Gasteiger partial charge in [-0.25, -0.2) is 4.98 Å². The number of nitrogens with one attached hydrogen (secondary N) is 1. The number of hydrogen-bond donors (Lipinski definition) is 2. The molecule has 4 rings (SSSR count). The fourth-order valence-corrected chi connectivity index (χ4v) is 3.90. The second-order valence-electron chi connectivity index (χ2n) is 6.73. The highest BCUT2D eigenvalue weighted by Gasteiger charge is 2.15. The van der Waals surface area contributed by atoms with E-state index in [1.807, 2.05) is 71.4 Å². The summed E-state index contributed by atoms with van der Waals surface area (Å²) < 4.78 is 1.97. The molecule has 1 heterocycles. The molecule has 0 saturated heterocycles. The number of anilines is 1. The van der Waals surface area contributed by atoms with Crippen molar-refractivity contribution in [2.45, 2.75) is 5.16 Å². The van der Waals surface area contributed by atoms with Crippen LogP contribution < -0.4 is 11.1 Å². The predicted molar refractivity (Wildman–Crippen MR) is 123 cm³/mol. The first-order chi connectivity index (χ1) is 15.1. The van der Waals surface area contributed by atoms with Crippen LogP contribution in [-0.4, -0.2) is 27.1 Å². The van der Waals surface area contributed by atoms with E-state index in [-0.39, 0.29) is 17.2 Å². The summed E-state index contributed by atoms with van der Waals surface area (Å²) in [6.45, 7) is 0. The number of thioether (sulfide) groups is 1. The van der Waals surface area contributed by atoms with Gasteiger partial charge in [0, 0.05) is 17.4 Å². The van der Waals surface area contributed by atoms with Gasteiger partial charge in [0.15, 0.2) is 5.16 Å². The maximum Gasteiger partial charge on any atom is 0.250 e. The van der Waals surface area contributed by atoms with Crippen LogP contribution in [0.4, 0.5) is 5.69 Å². The number of nitrogens with zero attached hydrogens (tertiary/aromatic N) is 2. The molecule has 0 aliphatic rings. The lowest BCUT2D eigenvalue weighted by atomic mass is 10.1. The quantitative estimate of drug-likeness (QED) is 0.428. The van der Waals surface area contributed by atoms with Crippen LogP contribution in [0.2, 0.25) is 0 Å². The van der Waals surface area contributed by atoms with E-state index in [9.17, 15) is 9.59 Å². The molecule has 0 saturated carbocycles. The summed E-state index contributed by atoms with van der Waals surface area (Å²) in [5.74, 6) is -0.705. The van der Waals surface area contributed by atoms with Gasteiger partial charge < -0.3 is 11.1 Å². The monoisotopic (exact) mass is 428 g/mol. The highest BCUT2D eigenvalue weighted by Crippen LogP contribution is 2.27. The third-order valence-corrected chi connectivity index (χ3v) is 5.53. The number of hydrogen-bond acceptors (Lipinski definition) is 4. The minimum Gasteiger partial charge on any atom is -0.366 e. The van der Waals surface area contributed by atoms with Crippen LogP contribution in [0.3, 0.4) is 0 Å². The number of benzene rings is 3. The molecular weight excluding hydrogens is 408 g/mol. The van der Waals surface area contributed by atoms with Crippen LogP contribution in [0.15, 0.2) is 96.3 Å². The third-order valence-electron chi connectivity index (χ3n) is 4.58. The smallest absolute Gasteiger partial charge is 0.250 e. The van der Waals surface area contributed by atoms with Crippen molar-refractivity contribution >= 4 is 29.3 Å². The van der Waals surface area contributed by atoms with E-state index >= 15 is 0 Å². The predicted octanol–water partition coefficient (Wildman–Crippen LogP) is 4.37. The zero-order valence-electron chi connectivity index (χ0n) is 16.6. The molecule has 154 valence electrons. The molecule has 31 heavy (non-hydrogen) atoms. The van der Waals surface area contributed by atoms with Crippen molar-refractivity contribution < 1.29 is 9.59 Å². The normalized spacial score (nSPS) is 10.6. The van der Waals surface area contributed by atoms with Crippen molar-refractivity contribution in [3.8, 4) is 16.9 Å². The van der Waals surface area contributed by atoms with Gasteiger partial charge in [-0.1, -0.05) is 72.4 Å². The Morgan fingerprint density at radius 2 is 1.55 bits per heavy atom. The van der Waals surface area contributed by atoms with Gasteiger partial charge in [0.05, 0.1) is 22.7 Å². The molecule has 4 aromatic rings. The van der Waals surface area contributed by atoms with Gasteiger partial charge in [-0.2, -0.15) is 0 Å². The zero-order chi connectivity index (χ0) is 21.6. The number of nitrogens with two attached hydrogens (primary N) is 1. The van der Waals surface area contributed by atoms with Gasteiger partial charge in [-0.05, 0) is 24.3 Å². The largest absolute Gasteiger partial charge is 0.366 e. The number of primary amides is 1. The van der Waals surface area contributed by atoms with Crippen molar-refractivity contribution in [2.24, 2.45) is 5.73 Å². The second kappa shape index (κ2) is 9.32. The Bertz CT molecular complexity index is 1210. The van der Waals surface area contributed by atoms with Gasteiger partial charge in [0.1, 0.15) is 0 Å². The molecular formula is C24H20N4O2S. The van der Waals surface area contributed by atoms with E-state index in [4.69, 9.17) is 10.7 Å². The lowest BCUT2D eigenvalue weighted by molar-refractivity contribution is -0.113. The Hall–Kier alpha value is -3.84. The maximum atomic E-state index is 12.6. The summed E-state index contributed by atoms with van der Waals surface area (Å²) in [4.78, 5) is 28.9. The zero-order valence-corrected chi connectivity index (χ0v) is 17.4. The maximum absolute atomic E-state index is 12.6. The summed E-state index contributed by atoms with van der Waals surface area (Å²) in [7, 11) is 0. The first-order valence-electron chi connectivity index (χ1n) is 9.63. The molecule has 3 N–H and O–H groups in total. The first kappa shape index (κ1) is 20.4. The van der Waals surface area contributed by atoms with E-state index in [0.29, 0.717) is 10.8 Å². The minimum atomic E-state index is -0.587. The second-order valence-corrected chi connectivity index (χ2v) is 7.67. The highest BCUT2D eigenvalue weighted by molar-refractivity contribution is 7.99. The van der Waals surface area contributed by atoms with Crippen molar-refractivity contribution in [1.82, 2.24) is 9.55 Å². The Morgan fingerprint density at radius 3 is 2.26 bits per heavy atom. The van der Waals surface area contributed by atoms with Gasteiger partial charge in [0.2, 0.25) is 5.91 Å². The Balaban J connectivity index is 1.56. The summed E-state index contributed by atoms with van der Waals surface area (Å²) in [6.07, 6.45) is 1.97. The van der Waals surface area contributed by atoms with Crippen LogP contribution in [0.1, 0.15) is 10.4 Å². The van der Waals surface area contributed by atoms with E-state index in [1.165, 1.54) is 11.8 Å². The Kier molecular flexibility index (Phi) is 6.14. The Labute approximate surface area is 184 Å². The average Bonchev–Trinajstić information content (AvgIpc) is 3.23. The van der Waals surface area contributed by atoms with Gasteiger partial charge in [0.25, 0.3) is 5.91 Å². The van der Waals surface area contributed by atoms with Crippen molar-refractivity contribution in [1.29, 1.82) is 0 Å². The molecule has 0 spiro atoms. The fourth-order valence-electron chi connectivity index (χ4n) is 3.11. The molecule has 2 amide bonds. The number of para-hydroxylation sites is 2. The number of amides is 2. The summed E-state index contributed by atoms with van der Waals surface area (Å²) in [5.41, 5.74) is 8.85. The van der Waals surface area contributed by atoms with Crippen LogP contribution in [0, 0.1) is 0 Å². The number of aromatic nitrogens is 2. The van der Waals surface area contributed by atoms with Crippen LogP contribution in [-0.2, 0) is 4.79 Å².